The van der Waals surface area contributed by atoms with E-state index in [1.165, 1.54) is 10.6 Å². The summed E-state index contributed by atoms with van der Waals surface area (Å²) in [6.45, 7) is 7.02. The third-order valence-electron chi connectivity index (χ3n) is 5.73. The number of amides is 2. The van der Waals surface area contributed by atoms with Crippen molar-refractivity contribution in [2.45, 2.75) is 25.8 Å². The summed E-state index contributed by atoms with van der Waals surface area (Å²) < 4.78 is 0. The number of nitrogens with zero attached hydrogens (tertiary/aromatic N) is 2. The molecule has 2 aliphatic rings. The van der Waals surface area contributed by atoms with E-state index in [2.05, 4.69) is 17.0 Å². The Kier molecular flexibility index (Phi) is 5.58. The van der Waals surface area contributed by atoms with Crippen LogP contribution in [0.4, 0.5) is 5.69 Å². The highest BCUT2D eigenvalue weighted by molar-refractivity contribution is 5.80. The normalized spacial score (nSPS) is 25.5. The molecule has 0 saturated carbocycles. The lowest BCUT2D eigenvalue weighted by Gasteiger charge is -2.39. The van der Waals surface area contributed by atoms with Gasteiger partial charge in [-0.3, -0.25) is 9.59 Å². The van der Waals surface area contributed by atoms with E-state index in [0.717, 1.165) is 52.1 Å². The number of quaternary nitrogens is 1. The van der Waals surface area contributed by atoms with Gasteiger partial charge in [-0.25, -0.2) is 0 Å². The molecule has 2 amide bonds. The Hall–Kier alpha value is -2.08. The van der Waals surface area contributed by atoms with Crippen LogP contribution in [0.2, 0.25) is 0 Å². The van der Waals surface area contributed by atoms with Crippen LogP contribution >= 0.6 is 0 Å². The average Bonchev–Trinajstić information content (AvgIpc) is 2.67. The van der Waals surface area contributed by atoms with Gasteiger partial charge in [-0.2, -0.15) is 0 Å². The van der Waals surface area contributed by atoms with Crippen molar-refractivity contribution in [1.82, 2.24) is 4.90 Å². The number of nitrogens with one attached hydrogen (secondary N) is 1. The molecular formula is C19H29N4O2+. The van der Waals surface area contributed by atoms with Gasteiger partial charge in [0.2, 0.25) is 5.91 Å². The number of carbonyl (C=O) groups is 2. The Balaban J connectivity index is 1.50. The van der Waals surface area contributed by atoms with E-state index >= 15 is 0 Å². The summed E-state index contributed by atoms with van der Waals surface area (Å²) >= 11 is 0. The maximum atomic E-state index is 12.9. The number of nitrogens with two attached hydrogens (primary N) is 1. The summed E-state index contributed by atoms with van der Waals surface area (Å²) in [5.74, 6) is 0.0239. The van der Waals surface area contributed by atoms with Gasteiger partial charge in [-0.05, 0) is 19.1 Å². The van der Waals surface area contributed by atoms with Gasteiger partial charge in [0.25, 0.3) is 5.91 Å². The standard InChI is InChI=1S/C19H28N4O2/c1-15(21-9-7-16(8-10-21)18(20)24)19(25)23-13-11-22(12-14-23)17-5-3-2-4-6-17/h2-6,15-16H,7-14H2,1H3,(H2,20,24)/p+1/t15-/m1/s1. The molecule has 0 radical (unpaired) electrons. The maximum Gasteiger partial charge on any atom is 0.280 e. The largest absolute Gasteiger partial charge is 0.369 e. The van der Waals surface area contributed by atoms with Crippen LogP contribution in [0, 0.1) is 5.92 Å². The minimum atomic E-state index is -0.199. The minimum Gasteiger partial charge on any atom is -0.369 e. The lowest BCUT2D eigenvalue weighted by molar-refractivity contribution is -0.920. The Morgan fingerprint density at radius 2 is 1.68 bits per heavy atom. The fourth-order valence-electron chi connectivity index (χ4n) is 3.98. The number of hydrogen-bond donors (Lipinski definition) is 2. The molecule has 0 unspecified atom stereocenters. The number of primary amides is 1. The summed E-state index contributed by atoms with van der Waals surface area (Å²) in [6.07, 6.45) is 1.59. The van der Waals surface area contributed by atoms with E-state index < -0.39 is 0 Å². The SMILES string of the molecule is C[C@H](C(=O)N1CCN(c2ccccc2)CC1)[NH+]1CCC(C(N)=O)CC1. The number of benzene rings is 1. The van der Waals surface area contributed by atoms with Crippen LogP contribution in [0.5, 0.6) is 0 Å². The molecule has 3 rings (SSSR count). The van der Waals surface area contributed by atoms with Crippen molar-refractivity contribution in [2.75, 3.05) is 44.2 Å². The van der Waals surface area contributed by atoms with Gasteiger partial charge >= 0.3 is 0 Å². The highest BCUT2D eigenvalue weighted by Gasteiger charge is 2.35. The van der Waals surface area contributed by atoms with Gasteiger partial charge in [0.05, 0.1) is 13.1 Å². The number of piperazine rings is 1. The first-order valence-electron chi connectivity index (χ1n) is 9.29. The van der Waals surface area contributed by atoms with E-state index in [-0.39, 0.29) is 23.8 Å². The molecule has 25 heavy (non-hydrogen) atoms. The fourth-order valence-corrected chi connectivity index (χ4v) is 3.98. The van der Waals surface area contributed by atoms with E-state index in [9.17, 15) is 9.59 Å². The number of likely N-dealkylation sites (tertiary alicyclic amines) is 1. The molecule has 6 nitrogen and oxygen atoms in total. The van der Waals surface area contributed by atoms with E-state index in [1.807, 2.05) is 30.0 Å². The van der Waals surface area contributed by atoms with Crippen molar-refractivity contribution in [3.8, 4) is 0 Å². The molecule has 3 N–H and O–H groups in total. The zero-order valence-electron chi connectivity index (χ0n) is 15.0. The second-order valence-electron chi connectivity index (χ2n) is 7.20. The number of hydrogen-bond acceptors (Lipinski definition) is 3. The summed E-state index contributed by atoms with van der Waals surface area (Å²) in [5.41, 5.74) is 6.62. The number of rotatable bonds is 4. The molecule has 1 aromatic rings. The van der Waals surface area contributed by atoms with E-state index in [4.69, 9.17) is 5.73 Å². The maximum absolute atomic E-state index is 12.9. The molecule has 2 aliphatic heterocycles. The first kappa shape index (κ1) is 17.7. The van der Waals surface area contributed by atoms with Gasteiger partial charge in [-0.15, -0.1) is 0 Å². The molecule has 2 saturated heterocycles. The summed E-state index contributed by atoms with van der Waals surface area (Å²) in [5, 5.41) is 0. The van der Waals surface area contributed by atoms with Crippen molar-refractivity contribution in [1.29, 1.82) is 0 Å². The number of para-hydroxylation sites is 1. The number of carbonyl (C=O) groups excluding carboxylic acids is 2. The number of piperidine rings is 1. The molecule has 1 atom stereocenters. The van der Waals surface area contributed by atoms with Crippen molar-refractivity contribution in [2.24, 2.45) is 11.7 Å². The summed E-state index contributed by atoms with van der Waals surface area (Å²) in [4.78, 5) is 29.8. The van der Waals surface area contributed by atoms with Gasteiger partial charge in [0.15, 0.2) is 6.04 Å². The topological polar surface area (TPSA) is 71.1 Å². The second kappa shape index (κ2) is 7.87. The molecule has 0 spiro atoms. The molecule has 0 bridgehead atoms. The molecular weight excluding hydrogens is 316 g/mol. The van der Waals surface area contributed by atoms with Gasteiger partial charge in [-0.1, -0.05) is 18.2 Å². The molecule has 136 valence electrons. The van der Waals surface area contributed by atoms with Crippen molar-refractivity contribution in [3.63, 3.8) is 0 Å². The van der Waals surface area contributed by atoms with E-state index in [1.54, 1.807) is 0 Å². The molecule has 2 heterocycles. The molecule has 0 aliphatic carbocycles. The lowest BCUT2D eigenvalue weighted by Crippen LogP contribution is -3.17. The van der Waals surface area contributed by atoms with Crippen molar-refractivity contribution >= 4 is 17.5 Å². The predicted octanol–water partition coefficient (Wildman–Crippen LogP) is -0.496. The van der Waals surface area contributed by atoms with Gasteiger partial charge in [0, 0.05) is 50.6 Å². The van der Waals surface area contributed by atoms with E-state index in [0.29, 0.717) is 0 Å². The average molecular weight is 345 g/mol. The zero-order valence-corrected chi connectivity index (χ0v) is 15.0. The van der Waals surface area contributed by atoms with Crippen LogP contribution in [-0.4, -0.2) is 62.0 Å². The molecule has 0 aromatic heterocycles. The third kappa shape index (κ3) is 4.12. The predicted molar refractivity (Wildman–Crippen MR) is 97.3 cm³/mol. The Morgan fingerprint density at radius 3 is 2.24 bits per heavy atom. The first-order valence-corrected chi connectivity index (χ1v) is 9.29. The quantitative estimate of drug-likeness (QED) is 0.773. The Labute approximate surface area is 149 Å². The Morgan fingerprint density at radius 1 is 1.08 bits per heavy atom. The number of anilines is 1. The monoisotopic (exact) mass is 345 g/mol. The van der Waals surface area contributed by atoms with Crippen LogP contribution in [0.1, 0.15) is 19.8 Å². The lowest BCUT2D eigenvalue weighted by atomic mass is 9.95. The van der Waals surface area contributed by atoms with Gasteiger partial charge < -0.3 is 20.4 Å². The first-order chi connectivity index (χ1) is 12.1. The van der Waals surface area contributed by atoms with Crippen LogP contribution in [-0.2, 0) is 9.59 Å². The minimum absolute atomic E-state index is 0.0135. The zero-order chi connectivity index (χ0) is 17.8. The smallest absolute Gasteiger partial charge is 0.280 e. The van der Waals surface area contributed by atoms with Gasteiger partial charge in [0.1, 0.15) is 0 Å². The second-order valence-corrected chi connectivity index (χ2v) is 7.20. The van der Waals surface area contributed by atoms with Crippen LogP contribution in [0.3, 0.4) is 0 Å². The highest BCUT2D eigenvalue weighted by Crippen LogP contribution is 2.16. The third-order valence-corrected chi connectivity index (χ3v) is 5.73. The van der Waals surface area contributed by atoms with Crippen LogP contribution in [0.15, 0.2) is 30.3 Å². The van der Waals surface area contributed by atoms with Crippen LogP contribution < -0.4 is 15.5 Å². The molecule has 2 fully saturated rings. The summed E-state index contributed by atoms with van der Waals surface area (Å²) in [6, 6.07) is 10.3. The van der Waals surface area contributed by atoms with Crippen LogP contribution in [0.25, 0.3) is 0 Å². The molecule has 1 aromatic carbocycles. The highest BCUT2D eigenvalue weighted by atomic mass is 16.2. The van der Waals surface area contributed by atoms with Crippen molar-refractivity contribution in [3.05, 3.63) is 30.3 Å². The summed E-state index contributed by atoms with van der Waals surface area (Å²) in [7, 11) is 0. The van der Waals surface area contributed by atoms with Crippen molar-refractivity contribution < 1.29 is 14.5 Å². The Bertz CT molecular complexity index is 591. The molecule has 6 heteroatoms. The fraction of sp³-hybridized carbons (Fsp3) is 0.579.